The third-order valence-electron chi connectivity index (χ3n) is 5.25. The second kappa shape index (κ2) is 10.6. The number of nitrogens with zero attached hydrogens (tertiary/aromatic N) is 2. The van der Waals surface area contributed by atoms with E-state index >= 15 is 0 Å². The maximum absolute atomic E-state index is 12.4. The molecule has 0 aliphatic carbocycles. The van der Waals surface area contributed by atoms with Gasteiger partial charge in [0.05, 0.1) is 35.0 Å². The molecule has 30 heavy (non-hydrogen) atoms. The highest BCUT2D eigenvalue weighted by molar-refractivity contribution is 7.18. The number of amides is 1. The maximum Gasteiger partial charge on any atom is 0.233 e. The predicted molar refractivity (Wildman–Crippen MR) is 121 cm³/mol. The summed E-state index contributed by atoms with van der Waals surface area (Å²) in [5.41, 5.74) is 2.23. The molecule has 1 unspecified atom stereocenters. The number of aromatic nitrogens is 1. The minimum Gasteiger partial charge on any atom is -0.379 e. The molecule has 0 spiro atoms. The first-order valence-electron chi connectivity index (χ1n) is 10.5. The lowest BCUT2D eigenvalue weighted by molar-refractivity contribution is -0.120. The van der Waals surface area contributed by atoms with E-state index in [1.165, 1.54) is 10.3 Å². The minimum atomic E-state index is 0.0130. The molecule has 158 valence electrons. The van der Waals surface area contributed by atoms with E-state index in [4.69, 9.17) is 4.74 Å². The number of morpholine rings is 1. The quantitative estimate of drug-likeness (QED) is 0.553. The molecule has 1 aromatic heterocycles. The molecule has 2 N–H and O–H groups in total. The summed E-state index contributed by atoms with van der Waals surface area (Å²) in [5, 5.41) is 7.52. The van der Waals surface area contributed by atoms with Gasteiger partial charge < -0.3 is 15.4 Å². The highest BCUT2D eigenvalue weighted by atomic mass is 32.1. The van der Waals surface area contributed by atoms with Crippen LogP contribution in [0.3, 0.4) is 0 Å². The van der Waals surface area contributed by atoms with Crippen LogP contribution in [-0.4, -0.2) is 61.7 Å². The van der Waals surface area contributed by atoms with Crippen LogP contribution in [-0.2, 0) is 16.0 Å². The Kier molecular flexibility index (Phi) is 7.42. The average molecular weight is 425 g/mol. The monoisotopic (exact) mass is 424 g/mol. The van der Waals surface area contributed by atoms with Crippen molar-refractivity contribution in [1.29, 1.82) is 0 Å². The van der Waals surface area contributed by atoms with Gasteiger partial charge in [0.15, 0.2) is 0 Å². The van der Waals surface area contributed by atoms with Gasteiger partial charge in [-0.05, 0) is 17.7 Å². The number of benzene rings is 2. The number of hydrogen-bond acceptors (Lipinski definition) is 6. The molecule has 7 heteroatoms. The Hall–Kier alpha value is -2.32. The summed E-state index contributed by atoms with van der Waals surface area (Å²) < 4.78 is 6.64. The van der Waals surface area contributed by atoms with E-state index in [0.29, 0.717) is 13.1 Å². The van der Waals surface area contributed by atoms with Crippen LogP contribution in [0.5, 0.6) is 0 Å². The molecule has 1 aliphatic rings. The van der Waals surface area contributed by atoms with Crippen LogP contribution < -0.4 is 10.6 Å². The van der Waals surface area contributed by atoms with E-state index in [1.807, 2.05) is 36.4 Å². The van der Waals surface area contributed by atoms with Crippen LogP contribution in [0.15, 0.2) is 54.6 Å². The van der Waals surface area contributed by atoms with E-state index in [2.05, 4.69) is 38.7 Å². The molecule has 4 rings (SSSR count). The van der Waals surface area contributed by atoms with Crippen LogP contribution in [0.1, 0.15) is 16.6 Å². The number of nitrogens with one attached hydrogen (secondary N) is 2. The summed E-state index contributed by atoms with van der Waals surface area (Å²) in [6.07, 6.45) is 0.751. The van der Waals surface area contributed by atoms with Crippen molar-refractivity contribution in [3.63, 3.8) is 0 Å². The Morgan fingerprint density at radius 1 is 1.10 bits per heavy atom. The van der Waals surface area contributed by atoms with Crippen LogP contribution in [0.2, 0.25) is 0 Å². The van der Waals surface area contributed by atoms with Crippen LogP contribution in [0, 0.1) is 0 Å². The van der Waals surface area contributed by atoms with Crippen LogP contribution >= 0.6 is 11.3 Å². The number of hydrogen-bond donors (Lipinski definition) is 2. The van der Waals surface area contributed by atoms with Gasteiger partial charge in [0.1, 0.15) is 0 Å². The fourth-order valence-electron chi connectivity index (χ4n) is 3.63. The highest BCUT2D eigenvalue weighted by Gasteiger charge is 2.18. The molecule has 3 aromatic rings. The van der Waals surface area contributed by atoms with Crippen molar-refractivity contribution in [3.05, 3.63) is 65.2 Å². The van der Waals surface area contributed by atoms with Crippen molar-refractivity contribution < 1.29 is 9.53 Å². The number of ether oxygens (including phenoxy) is 1. The fourth-order valence-corrected chi connectivity index (χ4v) is 4.60. The van der Waals surface area contributed by atoms with Gasteiger partial charge in [-0.3, -0.25) is 9.69 Å². The Morgan fingerprint density at radius 2 is 1.87 bits per heavy atom. The van der Waals surface area contributed by atoms with Crippen molar-refractivity contribution in [2.75, 3.05) is 45.9 Å². The van der Waals surface area contributed by atoms with Gasteiger partial charge in [0, 0.05) is 38.6 Å². The Bertz CT molecular complexity index is 908. The zero-order chi connectivity index (χ0) is 20.6. The Morgan fingerprint density at radius 3 is 2.67 bits per heavy atom. The summed E-state index contributed by atoms with van der Waals surface area (Å²) in [7, 11) is 0. The molecule has 2 heterocycles. The van der Waals surface area contributed by atoms with Gasteiger partial charge in [-0.1, -0.05) is 42.5 Å². The second-order valence-corrected chi connectivity index (χ2v) is 8.55. The zero-order valence-electron chi connectivity index (χ0n) is 17.0. The summed E-state index contributed by atoms with van der Waals surface area (Å²) in [6, 6.07) is 18.6. The number of fused-ring (bicyclic) bond motifs is 1. The smallest absolute Gasteiger partial charge is 0.233 e. The average Bonchev–Trinajstić information content (AvgIpc) is 3.21. The molecule has 6 nitrogen and oxygen atoms in total. The van der Waals surface area contributed by atoms with E-state index in [-0.39, 0.29) is 11.9 Å². The number of thiazole rings is 1. The molecule has 0 radical (unpaired) electrons. The lowest BCUT2D eigenvalue weighted by atomic mass is 10.1. The molecule has 1 fully saturated rings. The molecule has 1 atom stereocenters. The SMILES string of the molecule is O=C(CNC(CN1CCOCC1)c1ccccc1)NCCc1nc2ccccc2s1. The van der Waals surface area contributed by atoms with Crippen molar-refractivity contribution in [2.45, 2.75) is 12.5 Å². The molecule has 1 saturated heterocycles. The van der Waals surface area contributed by atoms with Crippen LogP contribution in [0.25, 0.3) is 10.2 Å². The molecule has 1 amide bonds. The number of rotatable bonds is 9. The molecule has 1 aliphatic heterocycles. The largest absolute Gasteiger partial charge is 0.379 e. The third-order valence-corrected chi connectivity index (χ3v) is 6.35. The molecule has 2 aromatic carbocycles. The van der Waals surface area contributed by atoms with Crippen molar-refractivity contribution >= 4 is 27.5 Å². The Balaban J connectivity index is 1.26. The van der Waals surface area contributed by atoms with Gasteiger partial charge in [-0.25, -0.2) is 4.98 Å². The van der Waals surface area contributed by atoms with Gasteiger partial charge in [0.25, 0.3) is 0 Å². The van der Waals surface area contributed by atoms with Gasteiger partial charge in [-0.2, -0.15) is 0 Å². The van der Waals surface area contributed by atoms with Gasteiger partial charge in [0.2, 0.25) is 5.91 Å². The topological polar surface area (TPSA) is 66.5 Å². The van der Waals surface area contributed by atoms with Crippen molar-refractivity contribution in [1.82, 2.24) is 20.5 Å². The van der Waals surface area contributed by atoms with E-state index in [0.717, 1.165) is 49.8 Å². The van der Waals surface area contributed by atoms with Gasteiger partial charge >= 0.3 is 0 Å². The first-order valence-corrected chi connectivity index (χ1v) is 11.3. The zero-order valence-corrected chi connectivity index (χ0v) is 17.9. The summed E-state index contributed by atoms with van der Waals surface area (Å²) in [5.74, 6) is 0.0130. The van der Waals surface area contributed by atoms with E-state index in [1.54, 1.807) is 11.3 Å². The minimum absolute atomic E-state index is 0.0130. The van der Waals surface area contributed by atoms with Crippen molar-refractivity contribution in [3.8, 4) is 0 Å². The third kappa shape index (κ3) is 5.86. The normalized spacial score (nSPS) is 15.9. The van der Waals surface area contributed by atoms with E-state index in [9.17, 15) is 4.79 Å². The summed E-state index contributed by atoms with van der Waals surface area (Å²) in [6.45, 7) is 5.16. The second-order valence-electron chi connectivity index (χ2n) is 7.43. The lowest BCUT2D eigenvalue weighted by Crippen LogP contribution is -2.44. The molecule has 0 bridgehead atoms. The summed E-state index contributed by atoms with van der Waals surface area (Å²) >= 11 is 1.69. The predicted octanol–water partition coefficient (Wildman–Crippen LogP) is 2.62. The number of carbonyl (C=O) groups is 1. The first-order chi connectivity index (χ1) is 14.8. The number of carbonyl (C=O) groups excluding carboxylic acids is 1. The maximum atomic E-state index is 12.4. The molecular formula is C23H28N4O2S. The fraction of sp³-hybridized carbons (Fsp3) is 0.391. The first kappa shape index (κ1) is 20.9. The van der Waals surface area contributed by atoms with Crippen LogP contribution in [0.4, 0.5) is 0 Å². The van der Waals surface area contributed by atoms with Crippen molar-refractivity contribution in [2.24, 2.45) is 0 Å². The number of para-hydroxylation sites is 1. The Labute approximate surface area is 181 Å². The standard InChI is InChI=1S/C23H28N4O2S/c28-22(24-11-10-23-26-19-8-4-5-9-21(19)30-23)16-25-20(18-6-2-1-3-7-18)17-27-12-14-29-15-13-27/h1-9,20,25H,10-17H2,(H,24,28). The lowest BCUT2D eigenvalue weighted by Gasteiger charge is -2.31. The van der Waals surface area contributed by atoms with E-state index < -0.39 is 0 Å². The summed E-state index contributed by atoms with van der Waals surface area (Å²) in [4.78, 5) is 19.4. The highest BCUT2D eigenvalue weighted by Crippen LogP contribution is 2.21. The van der Waals surface area contributed by atoms with Gasteiger partial charge in [-0.15, -0.1) is 11.3 Å². The molecular weight excluding hydrogens is 396 g/mol. The molecule has 0 saturated carbocycles.